The topological polar surface area (TPSA) is 72.3 Å². The molecule has 3 amide bonds. The first kappa shape index (κ1) is 16.6. The van der Waals surface area contributed by atoms with Crippen LogP contribution in [0.2, 0.25) is 0 Å². The summed E-state index contributed by atoms with van der Waals surface area (Å²) in [5.41, 5.74) is 1.09. The summed E-state index contributed by atoms with van der Waals surface area (Å²) in [6.45, 7) is 1.75. The van der Waals surface area contributed by atoms with Crippen LogP contribution in [0.15, 0.2) is 18.2 Å². The van der Waals surface area contributed by atoms with E-state index >= 15 is 0 Å². The second-order valence-corrected chi connectivity index (χ2v) is 6.17. The molecule has 7 heteroatoms. The number of nitrogens with one attached hydrogen (secondary N) is 2. The summed E-state index contributed by atoms with van der Waals surface area (Å²) in [7, 11) is 3.27. The van der Waals surface area contributed by atoms with Crippen LogP contribution in [0, 0.1) is 0 Å². The van der Waals surface area contributed by atoms with Crippen LogP contribution in [-0.2, 0) is 4.79 Å². The lowest BCUT2D eigenvalue weighted by Crippen LogP contribution is -3.12. The van der Waals surface area contributed by atoms with E-state index in [1.54, 1.807) is 14.2 Å². The number of benzene rings is 1. The van der Waals surface area contributed by atoms with Crippen molar-refractivity contribution in [3.05, 3.63) is 23.8 Å². The molecule has 0 aliphatic carbocycles. The van der Waals surface area contributed by atoms with Gasteiger partial charge in [0, 0.05) is 31.9 Å². The summed E-state index contributed by atoms with van der Waals surface area (Å²) >= 11 is 0. The van der Waals surface area contributed by atoms with E-state index in [-0.39, 0.29) is 18.0 Å². The Morgan fingerprint density at radius 1 is 1.29 bits per heavy atom. The maximum atomic E-state index is 12.1. The zero-order chi connectivity index (χ0) is 17.1. The Morgan fingerprint density at radius 3 is 2.83 bits per heavy atom. The van der Waals surface area contributed by atoms with Crippen LogP contribution in [-0.4, -0.2) is 50.8 Å². The number of likely N-dealkylation sites (tertiary alicyclic amines) is 1. The monoisotopic (exact) mass is 334 g/mol. The third-order valence-corrected chi connectivity index (χ3v) is 4.82. The van der Waals surface area contributed by atoms with E-state index < -0.39 is 0 Å². The molecule has 2 N–H and O–H groups in total. The van der Waals surface area contributed by atoms with Gasteiger partial charge in [-0.1, -0.05) is 0 Å². The Labute approximate surface area is 141 Å². The number of rotatable bonds is 5. The van der Waals surface area contributed by atoms with Crippen molar-refractivity contribution in [1.82, 2.24) is 10.2 Å². The maximum Gasteiger partial charge on any atom is 0.328 e. The van der Waals surface area contributed by atoms with Gasteiger partial charge >= 0.3 is 6.03 Å². The second kappa shape index (κ2) is 7.09. The van der Waals surface area contributed by atoms with Gasteiger partial charge in [-0.25, -0.2) is 9.69 Å². The smallest absolute Gasteiger partial charge is 0.328 e. The molecule has 2 aliphatic rings. The highest BCUT2D eigenvalue weighted by molar-refractivity contribution is 5.96. The normalized spacial score (nSPS) is 24.0. The number of amides is 3. The largest absolute Gasteiger partial charge is 0.497 e. The SMILES string of the molecule is COc1ccc([C@H]2CCC[NH+]2CN2C(=O)CCNC2=O)c(OC)c1. The van der Waals surface area contributed by atoms with Crippen LogP contribution in [0.5, 0.6) is 11.5 Å². The van der Waals surface area contributed by atoms with Crippen LogP contribution in [0.3, 0.4) is 0 Å². The van der Waals surface area contributed by atoms with Gasteiger partial charge in [0.1, 0.15) is 17.5 Å². The van der Waals surface area contributed by atoms with E-state index in [1.807, 2.05) is 18.2 Å². The number of urea groups is 1. The molecule has 0 spiro atoms. The first-order valence-electron chi connectivity index (χ1n) is 8.28. The molecular weight excluding hydrogens is 310 g/mol. The van der Waals surface area contributed by atoms with Crippen LogP contribution in [0.25, 0.3) is 0 Å². The fourth-order valence-corrected chi connectivity index (χ4v) is 3.57. The van der Waals surface area contributed by atoms with Crippen molar-refractivity contribution in [2.24, 2.45) is 0 Å². The minimum Gasteiger partial charge on any atom is -0.497 e. The van der Waals surface area contributed by atoms with Crippen molar-refractivity contribution >= 4 is 11.9 Å². The summed E-state index contributed by atoms with van der Waals surface area (Å²) < 4.78 is 10.8. The standard InChI is InChI=1S/C17H23N3O4/c1-23-12-5-6-13(15(10-12)24-2)14-4-3-9-19(14)11-20-16(21)7-8-18-17(20)22/h5-6,10,14H,3-4,7-9,11H2,1-2H3,(H,18,22)/p+1/t14-/m1/s1. The molecule has 1 aromatic carbocycles. The summed E-state index contributed by atoms with van der Waals surface area (Å²) in [4.78, 5) is 26.6. The maximum absolute atomic E-state index is 12.1. The van der Waals surface area contributed by atoms with Crippen molar-refractivity contribution in [3.8, 4) is 11.5 Å². The highest BCUT2D eigenvalue weighted by Gasteiger charge is 2.37. The van der Waals surface area contributed by atoms with Gasteiger partial charge in [-0.3, -0.25) is 4.79 Å². The van der Waals surface area contributed by atoms with E-state index in [1.165, 1.54) is 9.80 Å². The van der Waals surface area contributed by atoms with Crippen LogP contribution >= 0.6 is 0 Å². The molecule has 0 radical (unpaired) electrons. The second-order valence-electron chi connectivity index (χ2n) is 6.17. The minimum atomic E-state index is -0.286. The highest BCUT2D eigenvalue weighted by Crippen LogP contribution is 2.31. The fourth-order valence-electron chi connectivity index (χ4n) is 3.57. The van der Waals surface area contributed by atoms with Crippen molar-refractivity contribution in [2.45, 2.75) is 25.3 Å². The first-order valence-corrected chi connectivity index (χ1v) is 8.28. The van der Waals surface area contributed by atoms with Gasteiger partial charge in [0.15, 0.2) is 6.67 Å². The third-order valence-electron chi connectivity index (χ3n) is 4.82. The Hall–Kier alpha value is -2.28. The summed E-state index contributed by atoms with van der Waals surface area (Å²) in [5, 5.41) is 2.74. The summed E-state index contributed by atoms with van der Waals surface area (Å²) in [6, 6.07) is 5.74. The molecule has 24 heavy (non-hydrogen) atoms. The number of carbonyl (C=O) groups excluding carboxylic acids is 2. The zero-order valence-electron chi connectivity index (χ0n) is 14.1. The lowest BCUT2D eigenvalue weighted by molar-refractivity contribution is -0.925. The molecule has 0 saturated carbocycles. The van der Waals surface area contributed by atoms with Crippen molar-refractivity contribution in [1.29, 1.82) is 0 Å². The molecule has 1 unspecified atom stereocenters. The van der Waals surface area contributed by atoms with Gasteiger partial charge in [0.2, 0.25) is 5.91 Å². The molecule has 7 nitrogen and oxygen atoms in total. The van der Waals surface area contributed by atoms with Gasteiger partial charge in [-0.2, -0.15) is 0 Å². The predicted molar refractivity (Wildman–Crippen MR) is 87.1 cm³/mol. The van der Waals surface area contributed by atoms with Gasteiger partial charge in [0.05, 0.1) is 26.3 Å². The number of imide groups is 1. The average Bonchev–Trinajstić information content (AvgIpc) is 3.05. The third kappa shape index (κ3) is 3.17. The number of carbonyl (C=O) groups is 2. The quantitative estimate of drug-likeness (QED) is 0.814. The molecule has 2 saturated heterocycles. The van der Waals surface area contributed by atoms with E-state index in [0.717, 1.165) is 36.4 Å². The van der Waals surface area contributed by atoms with Crippen molar-refractivity contribution < 1.29 is 24.0 Å². The van der Waals surface area contributed by atoms with E-state index in [2.05, 4.69) is 5.32 Å². The molecule has 2 aliphatic heterocycles. The lowest BCUT2D eigenvalue weighted by atomic mass is 10.0. The minimum absolute atomic E-state index is 0.0985. The van der Waals surface area contributed by atoms with E-state index in [0.29, 0.717) is 19.6 Å². The molecule has 2 heterocycles. The molecule has 2 fully saturated rings. The average molecular weight is 334 g/mol. The van der Waals surface area contributed by atoms with E-state index in [9.17, 15) is 9.59 Å². The molecular formula is C17H24N3O4+. The van der Waals surface area contributed by atoms with Crippen molar-refractivity contribution in [2.75, 3.05) is 34.0 Å². The van der Waals surface area contributed by atoms with Crippen LogP contribution < -0.4 is 19.7 Å². The van der Waals surface area contributed by atoms with E-state index in [4.69, 9.17) is 9.47 Å². The van der Waals surface area contributed by atoms with Crippen LogP contribution in [0.4, 0.5) is 4.79 Å². The summed E-state index contributed by atoms with van der Waals surface area (Å²) in [5.74, 6) is 1.44. The van der Waals surface area contributed by atoms with Gasteiger partial charge in [-0.05, 0) is 12.1 Å². The fraction of sp³-hybridized carbons (Fsp3) is 0.529. The van der Waals surface area contributed by atoms with Crippen molar-refractivity contribution in [3.63, 3.8) is 0 Å². The summed E-state index contributed by atoms with van der Waals surface area (Å²) in [6.07, 6.45) is 2.43. The lowest BCUT2D eigenvalue weighted by Gasteiger charge is -2.30. The Kier molecular flexibility index (Phi) is 4.89. The Morgan fingerprint density at radius 2 is 2.12 bits per heavy atom. The number of ether oxygens (including phenoxy) is 2. The molecule has 0 bridgehead atoms. The predicted octanol–water partition coefficient (Wildman–Crippen LogP) is 0.323. The molecule has 3 rings (SSSR count). The zero-order valence-corrected chi connectivity index (χ0v) is 14.1. The first-order chi connectivity index (χ1) is 11.6. The molecule has 0 aromatic heterocycles. The number of nitrogens with zero attached hydrogens (tertiary/aromatic N) is 1. The van der Waals surface area contributed by atoms with Crippen LogP contribution in [0.1, 0.15) is 30.9 Å². The highest BCUT2D eigenvalue weighted by atomic mass is 16.5. The molecule has 130 valence electrons. The number of methoxy groups -OCH3 is 2. The van der Waals surface area contributed by atoms with Gasteiger partial charge < -0.3 is 19.7 Å². The Balaban J connectivity index is 1.80. The van der Waals surface area contributed by atoms with Gasteiger partial charge in [-0.15, -0.1) is 0 Å². The molecule has 1 aromatic rings. The molecule has 2 atom stereocenters. The van der Waals surface area contributed by atoms with Gasteiger partial charge in [0.25, 0.3) is 0 Å². The number of hydrogen-bond acceptors (Lipinski definition) is 4. The Bertz CT molecular complexity index is 618. The number of hydrogen-bond donors (Lipinski definition) is 2. The number of quaternary nitrogens is 1.